The van der Waals surface area contributed by atoms with Gasteiger partial charge in [0.25, 0.3) is 5.56 Å². The summed E-state index contributed by atoms with van der Waals surface area (Å²) < 4.78 is 1.36. The maximum atomic E-state index is 12.9. The molecule has 8 nitrogen and oxygen atoms in total. The molecule has 3 aromatic rings. The average Bonchev–Trinajstić information content (AvgIpc) is 3.30. The molecule has 1 amide bonds. The van der Waals surface area contributed by atoms with Crippen molar-refractivity contribution in [3.63, 3.8) is 0 Å². The third-order valence-electron chi connectivity index (χ3n) is 6.45. The molecule has 1 atom stereocenters. The molecular weight excluding hydrogens is 460 g/mol. The van der Waals surface area contributed by atoms with Crippen LogP contribution in [0.25, 0.3) is 4.96 Å². The van der Waals surface area contributed by atoms with E-state index >= 15 is 0 Å². The van der Waals surface area contributed by atoms with Crippen molar-refractivity contribution < 1.29 is 4.79 Å². The Morgan fingerprint density at radius 3 is 2.83 bits per heavy atom. The number of unbranched alkanes of at least 4 members (excludes halogenated alkanes) is 1. The van der Waals surface area contributed by atoms with Crippen LogP contribution in [0.15, 0.2) is 41.2 Å². The molecule has 3 heterocycles. The Hall–Kier alpha value is -2.78. The van der Waals surface area contributed by atoms with Crippen LogP contribution in [0.5, 0.6) is 0 Å². The molecule has 4 rings (SSSR count). The number of aryl methyl sites for hydroxylation is 1. The van der Waals surface area contributed by atoms with Gasteiger partial charge in [0.15, 0.2) is 0 Å². The number of carbonyl (C=O) groups is 1. The summed E-state index contributed by atoms with van der Waals surface area (Å²) in [6.45, 7) is 9.18. The number of carbonyl (C=O) groups excluding carboxylic acids is 1. The van der Waals surface area contributed by atoms with E-state index in [1.54, 1.807) is 0 Å². The van der Waals surface area contributed by atoms with E-state index in [4.69, 9.17) is 0 Å². The standard InChI is InChI=1S/C26H36N6O2S/c1-3-4-14-30(18-21-10-6-5-7-11-21)15-9-13-27-24(34)22-12-8-16-31(19-22)26-29-32-23(33)17-20(2)28-25(32)35-26/h5-7,10-11,17,22H,3-4,8-9,12-16,18-19H2,1-2H3,(H,27,34). The monoisotopic (exact) mass is 496 g/mol. The second-order valence-electron chi connectivity index (χ2n) is 9.36. The van der Waals surface area contributed by atoms with Gasteiger partial charge in [-0.2, -0.15) is 4.52 Å². The summed E-state index contributed by atoms with van der Waals surface area (Å²) in [5.74, 6) is 0.0489. The lowest BCUT2D eigenvalue weighted by Gasteiger charge is -2.31. The Kier molecular flexibility index (Phi) is 8.87. The number of piperidine rings is 1. The molecule has 0 saturated carbocycles. The van der Waals surface area contributed by atoms with Crippen molar-refractivity contribution in [2.45, 2.75) is 52.5 Å². The Balaban J connectivity index is 1.27. The van der Waals surface area contributed by atoms with Gasteiger partial charge in [-0.1, -0.05) is 55.0 Å². The predicted molar refractivity (Wildman–Crippen MR) is 141 cm³/mol. The minimum Gasteiger partial charge on any atom is -0.356 e. The summed E-state index contributed by atoms with van der Waals surface area (Å²) in [4.78, 5) is 34.7. The molecule has 1 N–H and O–H groups in total. The molecule has 188 valence electrons. The van der Waals surface area contributed by atoms with Crippen LogP contribution in [0.1, 0.15) is 50.3 Å². The molecule has 1 unspecified atom stereocenters. The van der Waals surface area contributed by atoms with Gasteiger partial charge >= 0.3 is 0 Å². The molecule has 1 aliphatic heterocycles. The molecule has 0 bridgehead atoms. The van der Waals surface area contributed by atoms with Gasteiger partial charge in [0, 0.05) is 44.5 Å². The second-order valence-corrected chi connectivity index (χ2v) is 10.3. The number of hydrogen-bond acceptors (Lipinski definition) is 7. The van der Waals surface area contributed by atoms with Gasteiger partial charge in [-0.15, -0.1) is 5.10 Å². The van der Waals surface area contributed by atoms with E-state index in [9.17, 15) is 9.59 Å². The summed E-state index contributed by atoms with van der Waals surface area (Å²) in [7, 11) is 0. The number of amides is 1. The lowest BCUT2D eigenvalue weighted by Crippen LogP contribution is -2.43. The number of fused-ring (bicyclic) bond motifs is 1. The van der Waals surface area contributed by atoms with Gasteiger partial charge in [-0.05, 0) is 44.7 Å². The van der Waals surface area contributed by atoms with Crippen molar-refractivity contribution >= 4 is 27.3 Å². The highest BCUT2D eigenvalue weighted by Gasteiger charge is 2.27. The molecule has 9 heteroatoms. The van der Waals surface area contributed by atoms with E-state index in [0.29, 0.717) is 23.7 Å². The Labute approximate surface area is 211 Å². The zero-order chi connectivity index (χ0) is 24.6. The van der Waals surface area contributed by atoms with Crippen LogP contribution in [-0.2, 0) is 11.3 Å². The van der Waals surface area contributed by atoms with Crippen molar-refractivity contribution in [1.82, 2.24) is 24.8 Å². The van der Waals surface area contributed by atoms with Crippen LogP contribution in [0.3, 0.4) is 0 Å². The van der Waals surface area contributed by atoms with E-state index in [2.05, 4.69) is 62.5 Å². The predicted octanol–water partition coefficient (Wildman–Crippen LogP) is 3.48. The molecule has 0 aliphatic carbocycles. The summed E-state index contributed by atoms with van der Waals surface area (Å²) in [6, 6.07) is 12.1. The largest absolute Gasteiger partial charge is 0.356 e. The van der Waals surface area contributed by atoms with Crippen molar-refractivity contribution in [2.75, 3.05) is 37.6 Å². The Morgan fingerprint density at radius 1 is 1.23 bits per heavy atom. The fourth-order valence-corrected chi connectivity index (χ4v) is 5.54. The van der Waals surface area contributed by atoms with Gasteiger partial charge < -0.3 is 10.2 Å². The third kappa shape index (κ3) is 6.89. The minimum atomic E-state index is -0.165. The number of nitrogens with zero attached hydrogens (tertiary/aromatic N) is 5. The number of hydrogen-bond donors (Lipinski definition) is 1. The van der Waals surface area contributed by atoms with E-state index in [1.807, 2.05) is 6.92 Å². The summed E-state index contributed by atoms with van der Waals surface area (Å²) >= 11 is 1.41. The minimum absolute atomic E-state index is 0.0670. The lowest BCUT2D eigenvalue weighted by atomic mass is 9.97. The lowest BCUT2D eigenvalue weighted by molar-refractivity contribution is -0.125. The van der Waals surface area contributed by atoms with Crippen molar-refractivity contribution in [3.8, 4) is 0 Å². The van der Waals surface area contributed by atoms with E-state index in [-0.39, 0.29) is 17.4 Å². The summed E-state index contributed by atoms with van der Waals surface area (Å²) in [5, 5.41) is 8.39. The van der Waals surface area contributed by atoms with Crippen molar-refractivity contribution in [3.05, 3.63) is 58.0 Å². The molecule has 0 radical (unpaired) electrons. The van der Waals surface area contributed by atoms with Gasteiger partial charge in [-0.3, -0.25) is 14.5 Å². The van der Waals surface area contributed by atoms with E-state index < -0.39 is 0 Å². The number of nitrogens with one attached hydrogen (secondary N) is 1. The third-order valence-corrected chi connectivity index (χ3v) is 7.42. The SMILES string of the molecule is CCCCN(CCCNC(=O)C1CCCN(c2nn3c(=O)cc(C)nc3s2)C1)Cc1ccccc1. The quantitative estimate of drug-likeness (QED) is 0.409. The number of aromatic nitrogens is 3. The zero-order valence-corrected chi connectivity index (χ0v) is 21.6. The normalized spacial score (nSPS) is 16.2. The van der Waals surface area contributed by atoms with Crippen molar-refractivity contribution in [1.29, 1.82) is 0 Å². The first-order valence-electron chi connectivity index (χ1n) is 12.7. The average molecular weight is 497 g/mol. The Bertz CT molecular complexity index is 1160. The molecular formula is C26H36N6O2S. The highest BCUT2D eigenvalue weighted by molar-refractivity contribution is 7.20. The molecule has 1 saturated heterocycles. The molecule has 0 spiro atoms. The number of rotatable bonds is 11. The maximum Gasteiger partial charge on any atom is 0.275 e. The molecule has 1 fully saturated rings. The molecule has 2 aromatic heterocycles. The van der Waals surface area contributed by atoms with E-state index in [1.165, 1.54) is 40.3 Å². The first-order valence-corrected chi connectivity index (χ1v) is 13.5. The topological polar surface area (TPSA) is 82.8 Å². The van der Waals surface area contributed by atoms with Crippen LogP contribution in [-0.4, -0.2) is 58.1 Å². The molecule has 35 heavy (non-hydrogen) atoms. The number of anilines is 1. The fourth-order valence-electron chi connectivity index (χ4n) is 4.55. The molecule has 1 aliphatic rings. The number of benzene rings is 1. The highest BCUT2D eigenvalue weighted by Crippen LogP contribution is 2.27. The van der Waals surface area contributed by atoms with Gasteiger partial charge in [-0.25, -0.2) is 4.98 Å². The Morgan fingerprint density at radius 2 is 2.03 bits per heavy atom. The molecule has 1 aromatic carbocycles. The van der Waals surface area contributed by atoms with E-state index in [0.717, 1.165) is 50.6 Å². The smallest absolute Gasteiger partial charge is 0.275 e. The summed E-state index contributed by atoms with van der Waals surface area (Å²) in [5.41, 5.74) is 1.86. The fraction of sp³-hybridized carbons (Fsp3) is 0.538. The van der Waals surface area contributed by atoms with Crippen molar-refractivity contribution in [2.24, 2.45) is 5.92 Å². The second kappa shape index (κ2) is 12.3. The van der Waals surface area contributed by atoms with Gasteiger partial charge in [0.2, 0.25) is 16.0 Å². The van der Waals surface area contributed by atoms with Crippen LogP contribution >= 0.6 is 11.3 Å². The van der Waals surface area contributed by atoms with Gasteiger partial charge in [0.1, 0.15) is 0 Å². The van der Waals surface area contributed by atoms with Crippen LogP contribution in [0.2, 0.25) is 0 Å². The highest BCUT2D eigenvalue weighted by atomic mass is 32.1. The van der Waals surface area contributed by atoms with Crippen LogP contribution < -0.4 is 15.8 Å². The first-order chi connectivity index (χ1) is 17.0. The van der Waals surface area contributed by atoms with Crippen LogP contribution in [0.4, 0.5) is 5.13 Å². The van der Waals surface area contributed by atoms with Gasteiger partial charge in [0.05, 0.1) is 5.92 Å². The first kappa shape index (κ1) is 25.3. The van der Waals surface area contributed by atoms with Crippen LogP contribution in [0, 0.1) is 12.8 Å². The summed E-state index contributed by atoms with van der Waals surface area (Å²) in [6.07, 6.45) is 5.10. The zero-order valence-electron chi connectivity index (χ0n) is 20.8. The maximum absolute atomic E-state index is 12.9.